The first kappa shape index (κ1) is 14.3. The molecule has 6 heteroatoms. The summed E-state index contributed by atoms with van der Waals surface area (Å²) >= 11 is 1.48. The van der Waals surface area contributed by atoms with E-state index < -0.39 is 23.9 Å². The van der Waals surface area contributed by atoms with Gasteiger partial charge in [-0.1, -0.05) is 12.2 Å². The van der Waals surface area contributed by atoms with E-state index >= 15 is 0 Å². The van der Waals surface area contributed by atoms with Crippen LogP contribution in [-0.2, 0) is 9.59 Å². The lowest BCUT2D eigenvalue weighted by Gasteiger charge is -2.24. The molecule has 1 amide bonds. The summed E-state index contributed by atoms with van der Waals surface area (Å²) in [6, 6.07) is 1.81. The number of carboxylic acid groups (broad SMARTS) is 1. The molecule has 1 saturated carbocycles. The van der Waals surface area contributed by atoms with Crippen molar-refractivity contribution in [1.29, 1.82) is 0 Å². The summed E-state index contributed by atoms with van der Waals surface area (Å²) in [5.41, 5.74) is 0.767. The van der Waals surface area contributed by atoms with Gasteiger partial charge in [-0.15, -0.1) is 0 Å². The standard InChI is InChI=1S/C15H17NO4S/c17-11(10-3-4-21-7-10)6-16-14(18)12-8-1-2-9(5-8)13(12)15(19)20/h1-4,7-9,11-13,17H,5-6H2,(H,16,18)(H,19,20). The van der Waals surface area contributed by atoms with Crippen LogP contribution in [-0.4, -0.2) is 28.6 Å². The number of thiophene rings is 1. The first-order valence-electron chi connectivity index (χ1n) is 6.97. The van der Waals surface area contributed by atoms with Gasteiger partial charge in [-0.05, 0) is 40.6 Å². The SMILES string of the molecule is O=C(O)C1C2C=CC(C2)C1C(=O)NCC(O)c1ccsc1. The Morgan fingerprint density at radius 3 is 2.67 bits per heavy atom. The van der Waals surface area contributed by atoms with Crippen LogP contribution in [0, 0.1) is 23.7 Å². The molecule has 1 aromatic rings. The zero-order valence-corrected chi connectivity index (χ0v) is 12.1. The number of carbonyl (C=O) groups is 2. The average molecular weight is 307 g/mol. The molecule has 2 bridgehead atoms. The molecule has 0 aliphatic heterocycles. The Labute approximate surface area is 126 Å². The summed E-state index contributed by atoms with van der Waals surface area (Å²) in [5.74, 6) is -2.37. The van der Waals surface area contributed by atoms with Gasteiger partial charge in [0.25, 0.3) is 0 Å². The van der Waals surface area contributed by atoms with Crippen LogP contribution in [0.2, 0.25) is 0 Å². The van der Waals surface area contributed by atoms with Crippen molar-refractivity contribution in [1.82, 2.24) is 5.32 Å². The molecular weight excluding hydrogens is 290 g/mol. The highest BCUT2D eigenvalue weighted by atomic mass is 32.1. The molecule has 112 valence electrons. The van der Waals surface area contributed by atoms with Gasteiger partial charge in [0, 0.05) is 6.54 Å². The second-order valence-corrected chi connectivity index (χ2v) is 6.44. The predicted octanol–water partition coefficient (Wildman–Crippen LogP) is 1.42. The maximum absolute atomic E-state index is 12.3. The summed E-state index contributed by atoms with van der Waals surface area (Å²) in [5, 5.41) is 25.7. The maximum atomic E-state index is 12.3. The molecule has 0 saturated heterocycles. The van der Waals surface area contributed by atoms with Crippen LogP contribution in [0.25, 0.3) is 0 Å². The number of carbonyl (C=O) groups excluding carboxylic acids is 1. The van der Waals surface area contributed by atoms with E-state index in [0.29, 0.717) is 0 Å². The highest BCUT2D eigenvalue weighted by molar-refractivity contribution is 7.07. The minimum Gasteiger partial charge on any atom is -0.481 e. The highest BCUT2D eigenvalue weighted by Gasteiger charge is 2.51. The summed E-state index contributed by atoms with van der Waals surface area (Å²) < 4.78 is 0. The van der Waals surface area contributed by atoms with Crippen LogP contribution in [0.1, 0.15) is 18.1 Å². The molecule has 1 aromatic heterocycles. The van der Waals surface area contributed by atoms with Crippen LogP contribution >= 0.6 is 11.3 Å². The monoisotopic (exact) mass is 307 g/mol. The molecule has 2 aliphatic carbocycles. The third kappa shape index (κ3) is 2.61. The van der Waals surface area contributed by atoms with E-state index in [1.807, 2.05) is 29.0 Å². The van der Waals surface area contributed by atoms with Gasteiger partial charge in [0.1, 0.15) is 0 Å². The van der Waals surface area contributed by atoms with Crippen molar-refractivity contribution < 1.29 is 19.8 Å². The van der Waals surface area contributed by atoms with Crippen LogP contribution < -0.4 is 5.32 Å². The Bertz CT molecular complexity index is 568. The third-order valence-electron chi connectivity index (χ3n) is 4.44. The second-order valence-electron chi connectivity index (χ2n) is 5.66. The number of nitrogens with one attached hydrogen (secondary N) is 1. The Kier molecular flexibility index (Phi) is 3.82. The van der Waals surface area contributed by atoms with Gasteiger partial charge in [-0.25, -0.2) is 0 Å². The third-order valence-corrected chi connectivity index (χ3v) is 5.15. The van der Waals surface area contributed by atoms with Crippen LogP contribution in [0.15, 0.2) is 29.0 Å². The topological polar surface area (TPSA) is 86.6 Å². The van der Waals surface area contributed by atoms with Gasteiger partial charge in [0.05, 0.1) is 17.9 Å². The van der Waals surface area contributed by atoms with Gasteiger partial charge in [-0.3, -0.25) is 9.59 Å². The van der Waals surface area contributed by atoms with Crippen molar-refractivity contribution in [3.8, 4) is 0 Å². The molecular formula is C15H17NO4S. The van der Waals surface area contributed by atoms with Crippen LogP contribution in [0.3, 0.4) is 0 Å². The number of fused-ring (bicyclic) bond motifs is 2. The largest absolute Gasteiger partial charge is 0.481 e. The summed E-state index contributed by atoms with van der Waals surface area (Å²) in [6.45, 7) is 0.111. The molecule has 0 spiro atoms. The van der Waals surface area contributed by atoms with Crippen LogP contribution in [0.5, 0.6) is 0 Å². The lowest BCUT2D eigenvalue weighted by molar-refractivity contribution is -0.147. The fourth-order valence-electron chi connectivity index (χ4n) is 3.41. The zero-order valence-electron chi connectivity index (χ0n) is 11.3. The number of aliphatic hydroxyl groups is 1. The van der Waals surface area contributed by atoms with E-state index in [0.717, 1.165) is 12.0 Å². The number of aliphatic hydroxyl groups excluding tert-OH is 1. The normalized spacial score (nSPS) is 31.3. The highest BCUT2D eigenvalue weighted by Crippen LogP contribution is 2.48. The van der Waals surface area contributed by atoms with Crippen LogP contribution in [0.4, 0.5) is 0 Å². The van der Waals surface area contributed by atoms with E-state index in [2.05, 4.69) is 5.32 Å². The number of carboxylic acids is 1. The Morgan fingerprint density at radius 2 is 2.05 bits per heavy atom. The van der Waals surface area contributed by atoms with E-state index in [1.54, 1.807) is 0 Å². The fourth-order valence-corrected chi connectivity index (χ4v) is 4.12. The Hall–Kier alpha value is -1.66. The number of hydrogen-bond acceptors (Lipinski definition) is 4. The van der Waals surface area contributed by atoms with E-state index in [9.17, 15) is 19.8 Å². The minimum absolute atomic E-state index is 0.00869. The minimum atomic E-state index is -0.912. The van der Waals surface area contributed by atoms with Gasteiger partial charge < -0.3 is 15.5 Å². The van der Waals surface area contributed by atoms with E-state index in [1.165, 1.54) is 11.3 Å². The van der Waals surface area contributed by atoms with Gasteiger partial charge in [0.15, 0.2) is 0 Å². The molecule has 5 atom stereocenters. The van der Waals surface area contributed by atoms with Crippen molar-refractivity contribution in [3.05, 3.63) is 34.5 Å². The molecule has 5 unspecified atom stereocenters. The summed E-state index contributed by atoms with van der Waals surface area (Å²) in [6.07, 6.45) is 3.84. The second kappa shape index (κ2) is 5.61. The number of hydrogen-bond donors (Lipinski definition) is 3. The quantitative estimate of drug-likeness (QED) is 0.718. The molecule has 1 heterocycles. The van der Waals surface area contributed by atoms with Crippen molar-refractivity contribution >= 4 is 23.2 Å². The lowest BCUT2D eigenvalue weighted by atomic mass is 9.82. The van der Waals surface area contributed by atoms with Crippen molar-refractivity contribution in [2.75, 3.05) is 6.54 Å². The molecule has 3 rings (SSSR count). The van der Waals surface area contributed by atoms with Gasteiger partial charge in [-0.2, -0.15) is 11.3 Å². The van der Waals surface area contributed by atoms with Crippen molar-refractivity contribution in [2.45, 2.75) is 12.5 Å². The van der Waals surface area contributed by atoms with E-state index in [4.69, 9.17) is 0 Å². The number of rotatable bonds is 5. The van der Waals surface area contributed by atoms with Gasteiger partial charge >= 0.3 is 5.97 Å². The van der Waals surface area contributed by atoms with Crippen molar-refractivity contribution in [3.63, 3.8) is 0 Å². The van der Waals surface area contributed by atoms with Gasteiger partial charge in [0.2, 0.25) is 5.91 Å². The number of allylic oxidation sites excluding steroid dienone is 2. The fraction of sp³-hybridized carbons (Fsp3) is 0.467. The average Bonchev–Trinajstić information content (AvgIpc) is 3.17. The Morgan fingerprint density at radius 1 is 1.33 bits per heavy atom. The summed E-state index contributed by atoms with van der Waals surface area (Å²) in [7, 11) is 0. The molecule has 0 aromatic carbocycles. The molecule has 5 nitrogen and oxygen atoms in total. The first-order valence-corrected chi connectivity index (χ1v) is 7.91. The predicted molar refractivity (Wildman–Crippen MR) is 77.6 cm³/mol. The van der Waals surface area contributed by atoms with E-state index in [-0.39, 0.29) is 24.3 Å². The molecule has 21 heavy (non-hydrogen) atoms. The number of amides is 1. The summed E-state index contributed by atoms with van der Waals surface area (Å²) in [4.78, 5) is 23.7. The molecule has 0 radical (unpaired) electrons. The van der Waals surface area contributed by atoms with Crippen molar-refractivity contribution in [2.24, 2.45) is 23.7 Å². The molecule has 1 fully saturated rings. The first-order chi connectivity index (χ1) is 10.1. The zero-order chi connectivity index (χ0) is 15.0. The Balaban J connectivity index is 1.63. The smallest absolute Gasteiger partial charge is 0.307 e. The lowest BCUT2D eigenvalue weighted by Crippen LogP contribution is -2.41. The molecule has 2 aliphatic rings. The number of aliphatic carboxylic acids is 1. The maximum Gasteiger partial charge on any atom is 0.307 e. The molecule has 3 N–H and O–H groups in total.